The van der Waals surface area contributed by atoms with E-state index in [1.54, 1.807) is 31.2 Å². The summed E-state index contributed by atoms with van der Waals surface area (Å²) in [6.45, 7) is 6.83. The van der Waals surface area contributed by atoms with E-state index in [4.69, 9.17) is 4.74 Å². The minimum absolute atomic E-state index is 0.00700. The Balaban J connectivity index is 2.11. The van der Waals surface area contributed by atoms with E-state index in [1.165, 1.54) is 19.4 Å². The van der Waals surface area contributed by atoms with Gasteiger partial charge in [-0.05, 0) is 26.0 Å². The monoisotopic (exact) mass is 386 g/mol. The van der Waals surface area contributed by atoms with Crippen molar-refractivity contribution < 1.29 is 17.9 Å². The Morgan fingerprint density at radius 2 is 2.11 bits per heavy atom. The third-order valence-electron chi connectivity index (χ3n) is 3.81. The Hall–Kier alpha value is -3.20. The van der Waals surface area contributed by atoms with Crippen LogP contribution in [-0.2, 0) is 14.8 Å². The van der Waals surface area contributed by atoms with E-state index in [0.29, 0.717) is 33.5 Å². The first-order valence-electron chi connectivity index (χ1n) is 8.11. The van der Waals surface area contributed by atoms with Crippen molar-refractivity contribution >= 4 is 32.7 Å². The molecule has 0 unspecified atom stereocenters. The van der Waals surface area contributed by atoms with Crippen LogP contribution in [-0.4, -0.2) is 35.9 Å². The van der Waals surface area contributed by atoms with E-state index in [9.17, 15) is 13.2 Å². The van der Waals surface area contributed by atoms with Crippen LogP contribution in [0.3, 0.4) is 0 Å². The SMILES string of the molecule is C=C(C)S(=O)(=O)Nc1cccc(-c2ncnc3[nH]cc(C(=O)OCC)c23)c1. The molecule has 1 aromatic carbocycles. The lowest BCUT2D eigenvalue weighted by Crippen LogP contribution is -2.12. The number of aromatic amines is 1. The first kappa shape index (κ1) is 18.6. The number of ether oxygens (including phenoxy) is 1. The number of allylic oxidation sites excluding steroid dienone is 1. The summed E-state index contributed by atoms with van der Waals surface area (Å²) in [6.07, 6.45) is 2.89. The number of carbonyl (C=O) groups is 1. The summed E-state index contributed by atoms with van der Waals surface area (Å²) in [5.74, 6) is -0.487. The Labute approximate surface area is 156 Å². The molecule has 0 radical (unpaired) electrons. The largest absolute Gasteiger partial charge is 0.462 e. The van der Waals surface area contributed by atoms with Gasteiger partial charge in [0.15, 0.2) is 0 Å². The van der Waals surface area contributed by atoms with E-state index in [2.05, 4.69) is 26.3 Å². The average molecular weight is 386 g/mol. The van der Waals surface area contributed by atoms with Crippen LogP contribution in [0.1, 0.15) is 24.2 Å². The van der Waals surface area contributed by atoms with Crippen molar-refractivity contribution in [3.8, 4) is 11.3 Å². The molecule has 2 N–H and O–H groups in total. The summed E-state index contributed by atoms with van der Waals surface area (Å²) in [5, 5.41) is 0.510. The van der Waals surface area contributed by atoms with Gasteiger partial charge in [0.2, 0.25) is 0 Å². The number of aromatic nitrogens is 3. The fraction of sp³-hybridized carbons (Fsp3) is 0.167. The van der Waals surface area contributed by atoms with Crippen LogP contribution < -0.4 is 4.72 Å². The van der Waals surface area contributed by atoms with Crippen LogP contribution >= 0.6 is 0 Å². The zero-order valence-electron chi connectivity index (χ0n) is 14.8. The molecular formula is C18H18N4O4S. The van der Waals surface area contributed by atoms with Gasteiger partial charge in [-0.1, -0.05) is 18.7 Å². The highest BCUT2D eigenvalue weighted by atomic mass is 32.2. The molecule has 3 rings (SSSR count). The van der Waals surface area contributed by atoms with Crippen molar-refractivity contribution in [2.24, 2.45) is 0 Å². The number of fused-ring (bicyclic) bond motifs is 1. The zero-order valence-corrected chi connectivity index (χ0v) is 15.6. The zero-order chi connectivity index (χ0) is 19.6. The molecular weight excluding hydrogens is 368 g/mol. The number of hydrogen-bond donors (Lipinski definition) is 2. The molecule has 0 amide bonds. The Kier molecular flexibility index (Phi) is 4.95. The van der Waals surface area contributed by atoms with Crippen molar-refractivity contribution in [2.45, 2.75) is 13.8 Å². The highest BCUT2D eigenvalue weighted by Crippen LogP contribution is 2.30. The highest BCUT2D eigenvalue weighted by Gasteiger charge is 2.19. The summed E-state index contributed by atoms with van der Waals surface area (Å²) in [6, 6.07) is 6.70. The second-order valence-corrected chi connectivity index (χ2v) is 7.66. The molecule has 0 aliphatic rings. The van der Waals surface area contributed by atoms with Crippen molar-refractivity contribution in [1.29, 1.82) is 0 Å². The molecule has 0 aliphatic carbocycles. The van der Waals surface area contributed by atoms with Gasteiger partial charge in [-0.3, -0.25) is 4.72 Å². The molecule has 140 valence electrons. The topological polar surface area (TPSA) is 114 Å². The van der Waals surface area contributed by atoms with E-state index in [-0.39, 0.29) is 11.5 Å². The third-order valence-corrected chi connectivity index (χ3v) is 5.23. The number of sulfonamides is 1. The molecule has 0 fully saturated rings. The van der Waals surface area contributed by atoms with Gasteiger partial charge in [-0.25, -0.2) is 23.2 Å². The lowest BCUT2D eigenvalue weighted by Gasteiger charge is -2.10. The van der Waals surface area contributed by atoms with Gasteiger partial charge in [0, 0.05) is 17.4 Å². The smallest absolute Gasteiger partial charge is 0.340 e. The van der Waals surface area contributed by atoms with Gasteiger partial charge >= 0.3 is 5.97 Å². The van der Waals surface area contributed by atoms with Gasteiger partial charge in [-0.15, -0.1) is 0 Å². The summed E-state index contributed by atoms with van der Waals surface area (Å²) in [7, 11) is -3.67. The molecule has 2 aromatic heterocycles. The molecule has 0 saturated heterocycles. The molecule has 8 nitrogen and oxygen atoms in total. The fourth-order valence-corrected chi connectivity index (χ4v) is 3.14. The van der Waals surface area contributed by atoms with Crippen molar-refractivity contribution in [1.82, 2.24) is 15.0 Å². The lowest BCUT2D eigenvalue weighted by atomic mass is 10.1. The number of carbonyl (C=O) groups excluding carboxylic acids is 1. The van der Waals surface area contributed by atoms with E-state index < -0.39 is 16.0 Å². The average Bonchev–Trinajstić information content (AvgIpc) is 3.06. The Morgan fingerprint density at radius 1 is 1.33 bits per heavy atom. The van der Waals surface area contributed by atoms with Crippen LogP contribution in [0.15, 0.2) is 48.3 Å². The maximum atomic E-state index is 12.2. The second-order valence-electron chi connectivity index (χ2n) is 5.76. The number of hydrogen-bond acceptors (Lipinski definition) is 6. The van der Waals surface area contributed by atoms with Gasteiger partial charge in [0.25, 0.3) is 10.0 Å². The first-order chi connectivity index (χ1) is 12.8. The van der Waals surface area contributed by atoms with Gasteiger partial charge in [-0.2, -0.15) is 0 Å². The van der Waals surface area contributed by atoms with Crippen molar-refractivity contribution in [3.05, 3.63) is 53.8 Å². The van der Waals surface area contributed by atoms with Crippen LogP contribution in [0.25, 0.3) is 22.3 Å². The molecule has 0 spiro atoms. The molecule has 0 bridgehead atoms. The quantitative estimate of drug-likeness (QED) is 0.629. The standard InChI is InChI=1S/C18H18N4O4S/c1-4-26-18(23)14-9-19-17-15(14)16(20-10-21-17)12-6-5-7-13(8-12)22-27(24,25)11(2)3/h5-10,22H,2,4H2,1,3H3,(H,19,20,21). The maximum absolute atomic E-state index is 12.2. The molecule has 3 aromatic rings. The maximum Gasteiger partial charge on any atom is 0.340 e. The normalized spacial score (nSPS) is 11.3. The number of nitrogens with zero attached hydrogens (tertiary/aromatic N) is 2. The number of rotatable bonds is 6. The number of nitrogens with one attached hydrogen (secondary N) is 2. The molecule has 9 heteroatoms. The van der Waals surface area contributed by atoms with Crippen LogP contribution in [0.4, 0.5) is 5.69 Å². The van der Waals surface area contributed by atoms with Crippen LogP contribution in [0.5, 0.6) is 0 Å². The summed E-state index contributed by atoms with van der Waals surface area (Å²) >= 11 is 0. The number of esters is 1. The predicted octanol–water partition coefficient (Wildman–Crippen LogP) is 3.08. The number of benzene rings is 1. The molecule has 0 aliphatic heterocycles. The van der Waals surface area contributed by atoms with Gasteiger partial charge < -0.3 is 9.72 Å². The summed E-state index contributed by atoms with van der Waals surface area (Å²) < 4.78 is 31.6. The molecule has 0 atom stereocenters. The van der Waals surface area contributed by atoms with Crippen LogP contribution in [0.2, 0.25) is 0 Å². The minimum atomic E-state index is -3.67. The number of anilines is 1. The van der Waals surface area contributed by atoms with Gasteiger partial charge in [0.1, 0.15) is 12.0 Å². The van der Waals surface area contributed by atoms with Gasteiger partial charge in [0.05, 0.1) is 28.2 Å². The Bertz CT molecular complexity index is 1140. The molecule has 27 heavy (non-hydrogen) atoms. The first-order valence-corrected chi connectivity index (χ1v) is 9.59. The van der Waals surface area contributed by atoms with E-state index >= 15 is 0 Å². The van der Waals surface area contributed by atoms with E-state index in [1.807, 2.05) is 0 Å². The Morgan fingerprint density at radius 3 is 2.81 bits per heavy atom. The predicted molar refractivity (Wildman–Crippen MR) is 103 cm³/mol. The molecule has 2 heterocycles. The third kappa shape index (κ3) is 3.68. The minimum Gasteiger partial charge on any atom is -0.462 e. The lowest BCUT2D eigenvalue weighted by molar-refractivity contribution is 0.0528. The fourth-order valence-electron chi connectivity index (χ4n) is 2.52. The van der Waals surface area contributed by atoms with Crippen LogP contribution in [0, 0.1) is 0 Å². The highest BCUT2D eigenvalue weighted by molar-refractivity contribution is 7.96. The number of H-pyrrole nitrogens is 1. The second kappa shape index (κ2) is 7.20. The summed E-state index contributed by atoms with van der Waals surface area (Å²) in [4.78, 5) is 23.6. The molecule has 0 saturated carbocycles. The van der Waals surface area contributed by atoms with Crippen molar-refractivity contribution in [3.63, 3.8) is 0 Å². The van der Waals surface area contributed by atoms with E-state index in [0.717, 1.165) is 0 Å². The van der Waals surface area contributed by atoms with Crippen molar-refractivity contribution in [2.75, 3.05) is 11.3 Å². The summed E-state index contributed by atoms with van der Waals surface area (Å²) in [5.41, 5.74) is 2.26.